The second-order valence-electron chi connectivity index (χ2n) is 4.67. The summed E-state index contributed by atoms with van der Waals surface area (Å²) >= 11 is 0. The van der Waals surface area contributed by atoms with Gasteiger partial charge in [0.2, 0.25) is 5.43 Å². The number of aromatic nitrogens is 2. The quantitative estimate of drug-likeness (QED) is 0.851. The lowest BCUT2D eigenvalue weighted by molar-refractivity contribution is 0.619. The molecule has 0 spiro atoms. The smallest absolute Gasteiger partial charge is 0.204 e. The Balaban J connectivity index is 2.38. The Labute approximate surface area is 117 Å². The average molecular weight is 275 g/mol. The van der Waals surface area contributed by atoms with Crippen molar-refractivity contribution in [1.82, 2.24) is 15.1 Å². The molecule has 2 rings (SSSR count). The van der Waals surface area contributed by atoms with Gasteiger partial charge in [-0.1, -0.05) is 13.0 Å². The number of nitrogens with one attached hydrogen (secondary N) is 1. The van der Waals surface area contributed by atoms with Crippen molar-refractivity contribution in [2.24, 2.45) is 0 Å². The summed E-state index contributed by atoms with van der Waals surface area (Å²) in [6.07, 6.45) is 0.990. The molecule has 2 aromatic rings. The van der Waals surface area contributed by atoms with Crippen molar-refractivity contribution in [2.45, 2.75) is 26.8 Å². The van der Waals surface area contributed by atoms with Crippen molar-refractivity contribution in [2.75, 3.05) is 6.54 Å². The molecule has 0 amide bonds. The lowest BCUT2D eigenvalue weighted by atomic mass is 10.2. The molecule has 0 saturated heterocycles. The highest BCUT2D eigenvalue weighted by Crippen LogP contribution is 2.10. The predicted octanol–water partition coefficient (Wildman–Crippen LogP) is 2.18. The first kappa shape index (κ1) is 14.4. The molecule has 0 aliphatic heterocycles. The summed E-state index contributed by atoms with van der Waals surface area (Å²) < 4.78 is 14.9. The molecule has 0 fully saturated rings. The van der Waals surface area contributed by atoms with Crippen LogP contribution in [0.25, 0.3) is 5.69 Å². The third kappa shape index (κ3) is 3.30. The van der Waals surface area contributed by atoms with Crippen LogP contribution in [0.2, 0.25) is 0 Å². The Kier molecular flexibility index (Phi) is 4.63. The molecule has 0 unspecified atom stereocenters. The lowest BCUT2D eigenvalue weighted by Gasteiger charge is -2.11. The van der Waals surface area contributed by atoms with Gasteiger partial charge in [-0.2, -0.15) is 5.10 Å². The van der Waals surface area contributed by atoms with Crippen LogP contribution in [0.15, 0.2) is 35.1 Å². The second kappa shape index (κ2) is 6.43. The Morgan fingerprint density at radius 2 is 2.15 bits per heavy atom. The van der Waals surface area contributed by atoms with E-state index in [0.29, 0.717) is 23.6 Å². The first-order valence-electron chi connectivity index (χ1n) is 6.68. The number of hydrogen-bond acceptors (Lipinski definition) is 3. The maximum absolute atomic E-state index is 13.3. The third-order valence-electron chi connectivity index (χ3n) is 2.95. The standard InChI is InChI=1S/C15H18FN3O/c1-3-7-17-10-14-15(20)8-11(2)19(18-14)13-6-4-5-12(16)9-13/h4-6,8-9,17H,3,7,10H2,1-2H3. The topological polar surface area (TPSA) is 46.9 Å². The van der Waals surface area contributed by atoms with E-state index in [2.05, 4.69) is 17.3 Å². The molecule has 4 nitrogen and oxygen atoms in total. The van der Waals surface area contributed by atoms with E-state index >= 15 is 0 Å². The average Bonchev–Trinajstić information content (AvgIpc) is 2.41. The van der Waals surface area contributed by atoms with E-state index in [1.807, 2.05) is 0 Å². The van der Waals surface area contributed by atoms with E-state index in [9.17, 15) is 9.18 Å². The van der Waals surface area contributed by atoms with Crippen molar-refractivity contribution >= 4 is 0 Å². The minimum atomic E-state index is -0.326. The highest BCUT2D eigenvalue weighted by atomic mass is 19.1. The molecule has 0 radical (unpaired) electrons. The van der Waals surface area contributed by atoms with Crippen LogP contribution in [0, 0.1) is 12.7 Å². The molecule has 20 heavy (non-hydrogen) atoms. The molecule has 1 heterocycles. The number of halogens is 1. The number of nitrogens with zero attached hydrogens (tertiary/aromatic N) is 2. The van der Waals surface area contributed by atoms with Crippen molar-refractivity contribution in [3.8, 4) is 5.69 Å². The summed E-state index contributed by atoms with van der Waals surface area (Å²) in [7, 11) is 0. The van der Waals surface area contributed by atoms with E-state index in [1.165, 1.54) is 18.2 Å². The molecule has 106 valence electrons. The van der Waals surface area contributed by atoms with Crippen LogP contribution < -0.4 is 10.7 Å². The fraction of sp³-hybridized carbons (Fsp3) is 0.333. The highest BCUT2D eigenvalue weighted by molar-refractivity contribution is 5.33. The highest BCUT2D eigenvalue weighted by Gasteiger charge is 2.07. The maximum atomic E-state index is 13.3. The molecule has 0 aliphatic rings. The maximum Gasteiger partial charge on any atom is 0.204 e. The van der Waals surface area contributed by atoms with Gasteiger partial charge in [0.25, 0.3) is 0 Å². The van der Waals surface area contributed by atoms with Gasteiger partial charge in [-0.05, 0) is 38.1 Å². The minimum Gasteiger partial charge on any atom is -0.311 e. The van der Waals surface area contributed by atoms with Crippen LogP contribution in [0.5, 0.6) is 0 Å². The number of hydrogen-bond donors (Lipinski definition) is 1. The van der Waals surface area contributed by atoms with Crippen LogP contribution in [-0.2, 0) is 6.54 Å². The molecule has 1 aromatic heterocycles. The van der Waals surface area contributed by atoms with Gasteiger partial charge in [-0.3, -0.25) is 4.79 Å². The second-order valence-corrected chi connectivity index (χ2v) is 4.67. The largest absolute Gasteiger partial charge is 0.311 e. The monoisotopic (exact) mass is 275 g/mol. The van der Waals surface area contributed by atoms with Gasteiger partial charge in [0, 0.05) is 18.3 Å². The van der Waals surface area contributed by atoms with Crippen LogP contribution in [0.1, 0.15) is 24.7 Å². The van der Waals surface area contributed by atoms with Crippen molar-refractivity contribution in [3.05, 3.63) is 57.8 Å². The Morgan fingerprint density at radius 1 is 1.35 bits per heavy atom. The third-order valence-corrected chi connectivity index (χ3v) is 2.95. The summed E-state index contributed by atoms with van der Waals surface area (Å²) in [5.74, 6) is -0.326. The lowest BCUT2D eigenvalue weighted by Crippen LogP contribution is -2.25. The van der Waals surface area contributed by atoms with E-state index in [-0.39, 0.29) is 11.2 Å². The zero-order chi connectivity index (χ0) is 14.5. The molecular formula is C15H18FN3O. The summed E-state index contributed by atoms with van der Waals surface area (Å²) in [6.45, 7) is 5.08. The summed E-state index contributed by atoms with van der Waals surface area (Å²) in [5.41, 5.74) is 1.63. The van der Waals surface area contributed by atoms with Crippen LogP contribution in [-0.4, -0.2) is 16.3 Å². The summed E-state index contributed by atoms with van der Waals surface area (Å²) in [4.78, 5) is 11.9. The van der Waals surface area contributed by atoms with Gasteiger partial charge in [0.1, 0.15) is 11.5 Å². The first-order chi connectivity index (χ1) is 9.61. The summed E-state index contributed by atoms with van der Waals surface area (Å²) in [5, 5.41) is 7.48. The van der Waals surface area contributed by atoms with E-state index in [0.717, 1.165) is 13.0 Å². The van der Waals surface area contributed by atoms with Crippen molar-refractivity contribution in [3.63, 3.8) is 0 Å². The van der Waals surface area contributed by atoms with Crippen LogP contribution in [0.4, 0.5) is 4.39 Å². The number of aryl methyl sites for hydroxylation is 1. The van der Waals surface area contributed by atoms with Gasteiger partial charge in [0.05, 0.1) is 5.69 Å². The molecule has 1 aromatic carbocycles. The summed E-state index contributed by atoms with van der Waals surface area (Å²) in [6, 6.07) is 7.69. The SMILES string of the molecule is CCCNCc1nn(-c2cccc(F)c2)c(C)cc1=O. The molecule has 1 N–H and O–H groups in total. The van der Waals surface area contributed by atoms with Gasteiger partial charge >= 0.3 is 0 Å². The molecule has 0 aliphatic carbocycles. The van der Waals surface area contributed by atoms with Crippen molar-refractivity contribution in [1.29, 1.82) is 0 Å². The van der Waals surface area contributed by atoms with E-state index in [4.69, 9.17) is 0 Å². The fourth-order valence-corrected chi connectivity index (χ4v) is 1.96. The molecule has 0 bridgehead atoms. The van der Waals surface area contributed by atoms with Crippen molar-refractivity contribution < 1.29 is 4.39 Å². The van der Waals surface area contributed by atoms with Gasteiger partial charge in [-0.15, -0.1) is 0 Å². The van der Waals surface area contributed by atoms with E-state index < -0.39 is 0 Å². The fourth-order valence-electron chi connectivity index (χ4n) is 1.96. The van der Waals surface area contributed by atoms with Gasteiger partial charge < -0.3 is 5.32 Å². The minimum absolute atomic E-state index is 0.0984. The van der Waals surface area contributed by atoms with Crippen LogP contribution >= 0.6 is 0 Å². The predicted molar refractivity (Wildman–Crippen MR) is 76.5 cm³/mol. The Hall–Kier alpha value is -2.01. The number of rotatable bonds is 5. The molecule has 0 atom stereocenters. The Morgan fingerprint density at radius 3 is 2.85 bits per heavy atom. The Bertz CT molecular complexity index is 652. The van der Waals surface area contributed by atoms with Crippen LogP contribution in [0.3, 0.4) is 0 Å². The molecule has 5 heteroatoms. The molecule has 0 saturated carbocycles. The van der Waals surface area contributed by atoms with E-state index in [1.54, 1.807) is 23.7 Å². The normalized spacial score (nSPS) is 10.8. The number of benzene rings is 1. The zero-order valence-corrected chi connectivity index (χ0v) is 11.7. The van der Waals surface area contributed by atoms with Gasteiger partial charge in [-0.25, -0.2) is 9.07 Å². The zero-order valence-electron chi connectivity index (χ0n) is 11.7. The van der Waals surface area contributed by atoms with Gasteiger partial charge in [0.15, 0.2) is 0 Å². The first-order valence-corrected chi connectivity index (χ1v) is 6.68. The molecular weight excluding hydrogens is 257 g/mol.